The minimum atomic E-state index is -0.670. The minimum Gasteiger partial charge on any atom is -0.382 e. The molecule has 0 bridgehead atoms. The molecule has 3 rings (SSSR count). The molecule has 1 aliphatic heterocycles. The van der Waals surface area contributed by atoms with Crippen molar-refractivity contribution in [3.05, 3.63) is 29.3 Å². The Labute approximate surface area is 127 Å². The van der Waals surface area contributed by atoms with Crippen molar-refractivity contribution in [2.45, 2.75) is 39.8 Å². The lowest BCUT2D eigenvalue weighted by atomic mass is 10.1. The average Bonchev–Trinajstić information content (AvgIpc) is 3.18. The van der Waals surface area contributed by atoms with Crippen LogP contribution in [-0.2, 0) is 16.2 Å². The number of hydrogen-bond donors (Lipinski definition) is 1. The number of oxime groups is 1. The van der Waals surface area contributed by atoms with Gasteiger partial charge in [-0.15, -0.1) is 0 Å². The lowest BCUT2D eigenvalue weighted by Crippen LogP contribution is -2.28. The van der Waals surface area contributed by atoms with E-state index in [1.807, 2.05) is 24.7 Å². The Morgan fingerprint density at radius 3 is 2.95 bits per heavy atom. The molecule has 1 N–H and O–H groups in total. The van der Waals surface area contributed by atoms with Crippen LogP contribution >= 0.6 is 0 Å². The molecule has 3 heterocycles. The van der Waals surface area contributed by atoms with E-state index in [-0.39, 0.29) is 5.91 Å². The first kappa shape index (κ1) is 14.3. The Morgan fingerprint density at radius 1 is 1.50 bits per heavy atom. The molecule has 0 aliphatic carbocycles. The number of rotatable bonds is 4. The van der Waals surface area contributed by atoms with Crippen LogP contribution in [0, 0.1) is 13.8 Å². The van der Waals surface area contributed by atoms with Gasteiger partial charge in [0.25, 0.3) is 5.91 Å². The molecule has 0 saturated carbocycles. The van der Waals surface area contributed by atoms with Crippen molar-refractivity contribution in [2.24, 2.45) is 5.16 Å². The first-order chi connectivity index (χ1) is 10.6. The number of aromatic nitrogens is 3. The van der Waals surface area contributed by atoms with Gasteiger partial charge in [-0.2, -0.15) is 5.10 Å². The maximum absolute atomic E-state index is 12.1. The number of carbonyl (C=O) groups is 1. The zero-order valence-corrected chi connectivity index (χ0v) is 12.7. The highest BCUT2D eigenvalue weighted by Crippen LogP contribution is 2.20. The van der Waals surface area contributed by atoms with Gasteiger partial charge in [0, 0.05) is 30.8 Å². The number of nitrogens with one attached hydrogen (secondary N) is 1. The fourth-order valence-electron chi connectivity index (χ4n) is 2.27. The Hall–Kier alpha value is -2.64. The SMILES string of the molecule is CCn1cc(C2=NO[C@H](C(=O)Nc3cc(C)on3)C2)c(C)n1. The topological polar surface area (TPSA) is 94.5 Å². The van der Waals surface area contributed by atoms with Gasteiger partial charge in [0.1, 0.15) is 5.76 Å². The highest BCUT2D eigenvalue weighted by molar-refractivity contribution is 6.06. The highest BCUT2D eigenvalue weighted by atomic mass is 16.6. The highest BCUT2D eigenvalue weighted by Gasteiger charge is 2.30. The van der Waals surface area contributed by atoms with Crippen molar-refractivity contribution < 1.29 is 14.2 Å². The van der Waals surface area contributed by atoms with E-state index in [2.05, 4.69) is 20.7 Å². The number of anilines is 1. The largest absolute Gasteiger partial charge is 0.382 e. The first-order valence-electron chi connectivity index (χ1n) is 7.08. The Bertz CT molecular complexity index is 731. The molecule has 2 aromatic heterocycles. The standard InChI is InChI=1S/C14H17N5O3/c1-4-19-7-10(9(3)16-19)11-6-12(22-17-11)14(20)15-13-5-8(2)21-18-13/h5,7,12H,4,6H2,1-3H3,(H,15,18,20)/t12-/m0/s1. The molecule has 0 fully saturated rings. The summed E-state index contributed by atoms with van der Waals surface area (Å²) in [5.41, 5.74) is 2.51. The molecule has 0 radical (unpaired) electrons. The molecule has 0 saturated heterocycles. The van der Waals surface area contributed by atoms with Gasteiger partial charge in [-0.05, 0) is 20.8 Å². The van der Waals surface area contributed by atoms with Crippen LogP contribution in [-0.4, -0.2) is 32.7 Å². The molecule has 0 aromatic carbocycles. The lowest BCUT2D eigenvalue weighted by molar-refractivity contribution is -0.125. The van der Waals surface area contributed by atoms with E-state index < -0.39 is 6.10 Å². The number of hydrogen-bond acceptors (Lipinski definition) is 6. The smallest absolute Gasteiger partial charge is 0.269 e. The van der Waals surface area contributed by atoms with E-state index >= 15 is 0 Å². The monoisotopic (exact) mass is 303 g/mol. The van der Waals surface area contributed by atoms with Crippen LogP contribution in [0.15, 0.2) is 21.9 Å². The van der Waals surface area contributed by atoms with Gasteiger partial charge in [0.15, 0.2) is 5.82 Å². The summed E-state index contributed by atoms with van der Waals surface area (Å²) in [5.74, 6) is 0.698. The van der Waals surface area contributed by atoms with Crippen LogP contribution in [0.2, 0.25) is 0 Å². The number of nitrogens with zero attached hydrogens (tertiary/aromatic N) is 4. The van der Waals surface area contributed by atoms with Crippen LogP contribution in [0.3, 0.4) is 0 Å². The van der Waals surface area contributed by atoms with Crippen molar-refractivity contribution in [3.63, 3.8) is 0 Å². The lowest BCUT2D eigenvalue weighted by Gasteiger charge is -2.06. The van der Waals surface area contributed by atoms with Crippen molar-refractivity contribution in [1.82, 2.24) is 14.9 Å². The predicted molar refractivity (Wildman–Crippen MR) is 78.5 cm³/mol. The molecular weight excluding hydrogens is 286 g/mol. The fourth-order valence-corrected chi connectivity index (χ4v) is 2.27. The molecule has 1 amide bonds. The summed E-state index contributed by atoms with van der Waals surface area (Å²) in [7, 11) is 0. The molecule has 22 heavy (non-hydrogen) atoms. The molecule has 116 valence electrons. The quantitative estimate of drug-likeness (QED) is 0.926. The van der Waals surface area contributed by atoms with E-state index in [0.717, 1.165) is 23.5 Å². The van der Waals surface area contributed by atoms with Gasteiger partial charge >= 0.3 is 0 Å². The zero-order chi connectivity index (χ0) is 15.7. The summed E-state index contributed by atoms with van der Waals surface area (Å²) in [6, 6.07) is 1.64. The Balaban J connectivity index is 1.65. The molecule has 1 aliphatic rings. The van der Waals surface area contributed by atoms with Gasteiger partial charge in [-0.25, -0.2) is 0 Å². The third kappa shape index (κ3) is 2.72. The summed E-state index contributed by atoms with van der Waals surface area (Å²) < 4.78 is 6.74. The van der Waals surface area contributed by atoms with E-state index in [1.165, 1.54) is 0 Å². The Kier molecular flexibility index (Phi) is 3.66. The zero-order valence-electron chi connectivity index (χ0n) is 12.7. The molecule has 1 atom stereocenters. The third-order valence-corrected chi connectivity index (χ3v) is 3.42. The van der Waals surface area contributed by atoms with E-state index in [1.54, 1.807) is 13.0 Å². The summed E-state index contributed by atoms with van der Waals surface area (Å²) in [6.45, 7) is 6.46. The van der Waals surface area contributed by atoms with Crippen LogP contribution in [0.4, 0.5) is 5.82 Å². The fraction of sp³-hybridized carbons (Fsp3) is 0.429. The van der Waals surface area contributed by atoms with Crippen LogP contribution in [0.1, 0.15) is 30.4 Å². The second-order valence-corrected chi connectivity index (χ2v) is 5.13. The maximum atomic E-state index is 12.1. The van der Waals surface area contributed by atoms with Crippen molar-refractivity contribution in [3.8, 4) is 0 Å². The van der Waals surface area contributed by atoms with Gasteiger partial charge in [0.2, 0.25) is 6.10 Å². The minimum absolute atomic E-state index is 0.299. The molecule has 0 spiro atoms. The predicted octanol–water partition coefficient (Wildman–Crippen LogP) is 1.64. The third-order valence-electron chi connectivity index (χ3n) is 3.42. The molecule has 8 heteroatoms. The summed E-state index contributed by atoms with van der Waals surface area (Å²) in [6.07, 6.45) is 1.65. The molecule has 0 unspecified atom stereocenters. The second-order valence-electron chi connectivity index (χ2n) is 5.13. The maximum Gasteiger partial charge on any atom is 0.269 e. The van der Waals surface area contributed by atoms with Crippen molar-refractivity contribution in [1.29, 1.82) is 0 Å². The molecule has 2 aromatic rings. The van der Waals surface area contributed by atoms with Gasteiger partial charge in [-0.3, -0.25) is 9.48 Å². The average molecular weight is 303 g/mol. The number of amides is 1. The second kappa shape index (κ2) is 5.63. The summed E-state index contributed by atoms with van der Waals surface area (Å²) >= 11 is 0. The number of carbonyl (C=O) groups excluding carboxylic acids is 1. The van der Waals surface area contributed by atoms with Crippen molar-refractivity contribution in [2.75, 3.05) is 5.32 Å². The van der Waals surface area contributed by atoms with Crippen LogP contribution in [0.25, 0.3) is 0 Å². The number of aryl methyl sites for hydroxylation is 3. The molecular formula is C14H17N5O3. The van der Waals surface area contributed by atoms with Gasteiger partial charge in [-0.1, -0.05) is 10.3 Å². The summed E-state index contributed by atoms with van der Waals surface area (Å²) in [4.78, 5) is 17.4. The van der Waals surface area contributed by atoms with E-state index in [0.29, 0.717) is 18.0 Å². The molecule has 8 nitrogen and oxygen atoms in total. The summed E-state index contributed by atoms with van der Waals surface area (Å²) in [5, 5.41) is 14.8. The first-order valence-corrected chi connectivity index (χ1v) is 7.08. The van der Waals surface area contributed by atoms with Crippen molar-refractivity contribution >= 4 is 17.4 Å². The van der Waals surface area contributed by atoms with Crippen LogP contribution in [0.5, 0.6) is 0 Å². The van der Waals surface area contributed by atoms with E-state index in [9.17, 15) is 4.79 Å². The van der Waals surface area contributed by atoms with Gasteiger partial charge in [0.05, 0.1) is 11.4 Å². The Morgan fingerprint density at radius 2 is 2.32 bits per heavy atom. The van der Waals surface area contributed by atoms with Gasteiger partial charge < -0.3 is 14.7 Å². The van der Waals surface area contributed by atoms with Crippen LogP contribution < -0.4 is 5.32 Å². The van der Waals surface area contributed by atoms with E-state index in [4.69, 9.17) is 9.36 Å². The normalized spacial score (nSPS) is 17.2.